The SMILES string of the molecule is c1ncc2sc3cc(C4CCCC4)ccc3c2n1. The molecule has 4 rings (SSSR count). The van der Waals surface area contributed by atoms with Crippen molar-refractivity contribution in [1.29, 1.82) is 0 Å². The molecule has 3 aromatic rings. The lowest BCUT2D eigenvalue weighted by atomic mass is 9.97. The minimum Gasteiger partial charge on any atom is -0.243 e. The van der Waals surface area contributed by atoms with E-state index in [1.165, 1.54) is 46.0 Å². The van der Waals surface area contributed by atoms with Gasteiger partial charge in [0.15, 0.2) is 0 Å². The van der Waals surface area contributed by atoms with Gasteiger partial charge in [-0.05, 0) is 30.4 Å². The van der Waals surface area contributed by atoms with Gasteiger partial charge in [-0.1, -0.05) is 25.0 Å². The topological polar surface area (TPSA) is 25.8 Å². The Morgan fingerprint density at radius 2 is 2.00 bits per heavy atom. The maximum Gasteiger partial charge on any atom is 0.116 e. The molecular weight excluding hydrogens is 240 g/mol. The Hall–Kier alpha value is -1.48. The molecule has 0 bridgehead atoms. The Bertz CT molecular complexity index is 711. The smallest absolute Gasteiger partial charge is 0.116 e. The summed E-state index contributed by atoms with van der Waals surface area (Å²) in [7, 11) is 0. The number of benzene rings is 1. The zero-order valence-electron chi connectivity index (χ0n) is 10.1. The van der Waals surface area contributed by atoms with Crippen LogP contribution in [0.4, 0.5) is 0 Å². The van der Waals surface area contributed by atoms with E-state index >= 15 is 0 Å². The predicted octanol–water partition coefficient (Wildman–Crippen LogP) is 4.50. The van der Waals surface area contributed by atoms with E-state index < -0.39 is 0 Å². The average Bonchev–Trinajstić information content (AvgIpc) is 3.05. The van der Waals surface area contributed by atoms with Gasteiger partial charge >= 0.3 is 0 Å². The van der Waals surface area contributed by atoms with Crippen LogP contribution in [0.3, 0.4) is 0 Å². The van der Waals surface area contributed by atoms with Crippen LogP contribution in [0.1, 0.15) is 37.2 Å². The van der Waals surface area contributed by atoms with Gasteiger partial charge in [-0.3, -0.25) is 0 Å². The van der Waals surface area contributed by atoms with Crippen LogP contribution in [0.25, 0.3) is 20.3 Å². The maximum absolute atomic E-state index is 4.40. The van der Waals surface area contributed by atoms with E-state index in [4.69, 9.17) is 0 Å². The van der Waals surface area contributed by atoms with Gasteiger partial charge in [0.25, 0.3) is 0 Å². The van der Waals surface area contributed by atoms with Crippen LogP contribution in [0.2, 0.25) is 0 Å². The molecule has 1 aliphatic rings. The molecular formula is C15H14N2S. The van der Waals surface area contributed by atoms with Gasteiger partial charge in [-0.2, -0.15) is 0 Å². The molecule has 2 heterocycles. The summed E-state index contributed by atoms with van der Waals surface area (Å²) in [6.45, 7) is 0. The summed E-state index contributed by atoms with van der Waals surface area (Å²) in [5.41, 5.74) is 2.61. The first-order valence-electron chi connectivity index (χ1n) is 6.54. The summed E-state index contributed by atoms with van der Waals surface area (Å²) in [5, 5.41) is 1.28. The van der Waals surface area contributed by atoms with Crippen LogP contribution in [-0.4, -0.2) is 9.97 Å². The van der Waals surface area contributed by atoms with Crippen LogP contribution in [0, 0.1) is 0 Å². The summed E-state index contributed by atoms with van der Waals surface area (Å²) in [6.07, 6.45) is 9.05. The lowest BCUT2D eigenvalue weighted by molar-refractivity contribution is 0.724. The molecule has 0 N–H and O–H groups in total. The Morgan fingerprint density at radius 1 is 1.11 bits per heavy atom. The number of hydrogen-bond donors (Lipinski definition) is 0. The Labute approximate surface area is 110 Å². The van der Waals surface area contributed by atoms with E-state index in [2.05, 4.69) is 28.2 Å². The van der Waals surface area contributed by atoms with Gasteiger partial charge < -0.3 is 0 Å². The predicted molar refractivity (Wildman–Crippen MR) is 76.1 cm³/mol. The maximum atomic E-state index is 4.40. The molecule has 1 saturated carbocycles. The molecule has 2 aromatic heterocycles. The number of hydrogen-bond acceptors (Lipinski definition) is 3. The third-order valence-electron chi connectivity index (χ3n) is 3.99. The van der Waals surface area contributed by atoms with Crippen molar-refractivity contribution in [2.75, 3.05) is 0 Å². The highest BCUT2D eigenvalue weighted by Crippen LogP contribution is 2.38. The Kier molecular flexibility index (Phi) is 2.33. The molecule has 0 atom stereocenters. The van der Waals surface area contributed by atoms with Gasteiger partial charge in [-0.25, -0.2) is 9.97 Å². The third kappa shape index (κ3) is 1.54. The number of rotatable bonds is 1. The van der Waals surface area contributed by atoms with Crippen molar-refractivity contribution in [1.82, 2.24) is 9.97 Å². The molecule has 1 aromatic carbocycles. The highest BCUT2D eigenvalue weighted by Gasteiger charge is 2.18. The van der Waals surface area contributed by atoms with E-state index in [1.54, 1.807) is 6.33 Å². The normalized spacial score (nSPS) is 16.9. The molecule has 0 saturated heterocycles. The van der Waals surface area contributed by atoms with Crippen molar-refractivity contribution in [3.8, 4) is 0 Å². The van der Waals surface area contributed by atoms with Crippen molar-refractivity contribution in [2.45, 2.75) is 31.6 Å². The minimum atomic E-state index is 0.783. The van der Waals surface area contributed by atoms with Gasteiger partial charge in [0.1, 0.15) is 6.33 Å². The first-order valence-corrected chi connectivity index (χ1v) is 7.35. The van der Waals surface area contributed by atoms with Gasteiger partial charge in [0.05, 0.1) is 10.2 Å². The van der Waals surface area contributed by atoms with E-state index in [9.17, 15) is 0 Å². The van der Waals surface area contributed by atoms with E-state index in [0.717, 1.165) is 11.4 Å². The fourth-order valence-electron chi connectivity index (χ4n) is 3.04. The van der Waals surface area contributed by atoms with Crippen LogP contribution >= 0.6 is 11.3 Å². The monoisotopic (exact) mass is 254 g/mol. The second-order valence-electron chi connectivity index (χ2n) is 5.07. The molecule has 0 spiro atoms. The Balaban J connectivity index is 1.92. The fourth-order valence-corrected chi connectivity index (χ4v) is 4.12. The number of thiophene rings is 1. The summed E-state index contributed by atoms with van der Waals surface area (Å²) in [6, 6.07) is 6.92. The van der Waals surface area contributed by atoms with Gasteiger partial charge in [0, 0.05) is 16.3 Å². The first-order chi connectivity index (χ1) is 8.92. The lowest BCUT2D eigenvalue weighted by Crippen LogP contribution is -1.90. The Morgan fingerprint density at radius 3 is 2.89 bits per heavy atom. The van der Waals surface area contributed by atoms with E-state index in [-0.39, 0.29) is 0 Å². The second-order valence-corrected chi connectivity index (χ2v) is 6.16. The van der Waals surface area contributed by atoms with Gasteiger partial charge in [0.2, 0.25) is 0 Å². The van der Waals surface area contributed by atoms with Crippen LogP contribution in [-0.2, 0) is 0 Å². The first kappa shape index (κ1) is 10.4. The van der Waals surface area contributed by atoms with Crippen LogP contribution < -0.4 is 0 Å². The molecule has 2 nitrogen and oxygen atoms in total. The summed E-state index contributed by atoms with van der Waals surface area (Å²) >= 11 is 1.81. The number of aromatic nitrogens is 2. The largest absolute Gasteiger partial charge is 0.243 e. The molecule has 0 aliphatic heterocycles. The van der Waals surface area contributed by atoms with Crippen molar-refractivity contribution < 1.29 is 0 Å². The van der Waals surface area contributed by atoms with E-state index in [1.807, 2.05) is 17.5 Å². The lowest BCUT2D eigenvalue weighted by Gasteiger charge is -2.08. The van der Waals surface area contributed by atoms with Crippen molar-refractivity contribution in [3.63, 3.8) is 0 Å². The van der Waals surface area contributed by atoms with E-state index in [0.29, 0.717) is 0 Å². The summed E-state index contributed by atoms with van der Waals surface area (Å²) in [5.74, 6) is 0.783. The average molecular weight is 254 g/mol. The molecule has 18 heavy (non-hydrogen) atoms. The third-order valence-corrected chi connectivity index (χ3v) is 5.06. The van der Waals surface area contributed by atoms with Gasteiger partial charge in [-0.15, -0.1) is 11.3 Å². The standard InChI is InChI=1S/C15H14N2S/c1-2-4-10(3-1)11-5-6-12-13(7-11)18-14-8-16-9-17-15(12)14/h5-10H,1-4H2. The molecule has 1 aliphatic carbocycles. The zero-order valence-corrected chi connectivity index (χ0v) is 10.9. The highest BCUT2D eigenvalue weighted by molar-refractivity contribution is 7.25. The number of nitrogens with zero attached hydrogens (tertiary/aromatic N) is 2. The second kappa shape index (κ2) is 4.02. The van der Waals surface area contributed by atoms with Crippen LogP contribution in [0.15, 0.2) is 30.7 Å². The molecule has 90 valence electrons. The molecule has 3 heteroatoms. The minimum absolute atomic E-state index is 0.783. The molecule has 0 amide bonds. The molecule has 1 fully saturated rings. The van der Waals surface area contributed by atoms with Crippen LogP contribution in [0.5, 0.6) is 0 Å². The van der Waals surface area contributed by atoms with Crippen molar-refractivity contribution in [3.05, 3.63) is 36.3 Å². The molecule has 0 radical (unpaired) electrons. The summed E-state index contributed by atoms with van der Waals surface area (Å²) in [4.78, 5) is 8.50. The molecule has 0 unspecified atom stereocenters. The zero-order chi connectivity index (χ0) is 11.9. The van der Waals surface area contributed by atoms with Crippen molar-refractivity contribution >= 4 is 31.6 Å². The summed E-state index contributed by atoms with van der Waals surface area (Å²) < 4.78 is 2.55. The fraction of sp³-hybridized carbons (Fsp3) is 0.333. The quantitative estimate of drug-likeness (QED) is 0.639. The number of fused-ring (bicyclic) bond motifs is 3. The highest BCUT2D eigenvalue weighted by atomic mass is 32.1. The van der Waals surface area contributed by atoms with Crippen molar-refractivity contribution in [2.24, 2.45) is 0 Å².